The number of hydrogen-bond donors (Lipinski definition) is 1. The number of anilines is 2. The Morgan fingerprint density at radius 3 is 2.44 bits per heavy atom. The second kappa shape index (κ2) is 5.32. The van der Waals surface area contributed by atoms with Crippen molar-refractivity contribution in [1.82, 2.24) is 4.98 Å². The lowest BCUT2D eigenvalue weighted by Gasteiger charge is -2.09. The van der Waals surface area contributed by atoms with Crippen LogP contribution in [0.15, 0.2) is 33.3 Å². The van der Waals surface area contributed by atoms with Crippen molar-refractivity contribution in [3.05, 3.63) is 50.5 Å². The highest BCUT2D eigenvalue weighted by Crippen LogP contribution is 2.26. The van der Waals surface area contributed by atoms with Crippen molar-refractivity contribution < 1.29 is 8.78 Å². The summed E-state index contributed by atoms with van der Waals surface area (Å²) in [6.07, 6.45) is 1.60. The van der Waals surface area contributed by atoms with Gasteiger partial charge in [0.25, 0.3) is 0 Å². The first-order chi connectivity index (χ1) is 8.47. The van der Waals surface area contributed by atoms with Crippen molar-refractivity contribution in [3.8, 4) is 0 Å². The molecule has 0 saturated carbocycles. The highest BCUT2D eigenvalue weighted by molar-refractivity contribution is 9.10. The molecular weight excluding hydrogens is 370 g/mol. The Kier molecular flexibility index (Phi) is 3.97. The van der Waals surface area contributed by atoms with Crippen molar-refractivity contribution in [3.63, 3.8) is 0 Å². The number of nitrogens with zero attached hydrogens (tertiary/aromatic N) is 1. The average molecular weight is 378 g/mol. The quantitative estimate of drug-likeness (QED) is 0.750. The van der Waals surface area contributed by atoms with Gasteiger partial charge in [0.2, 0.25) is 0 Å². The number of rotatable bonds is 2. The van der Waals surface area contributed by atoms with Gasteiger partial charge in [0.15, 0.2) is 0 Å². The standard InChI is InChI=1S/C12H8Br2F2N2/c1-6-2-12(17-5-8(6)14)18-11-4-9(15)7(13)3-10(11)16/h2-5H,1H3,(H,17,18). The van der Waals surface area contributed by atoms with E-state index in [0.717, 1.165) is 22.2 Å². The molecule has 2 aromatic rings. The van der Waals surface area contributed by atoms with Crippen molar-refractivity contribution in [1.29, 1.82) is 0 Å². The lowest BCUT2D eigenvalue weighted by atomic mass is 10.2. The SMILES string of the molecule is Cc1cc(Nc2cc(F)c(Br)cc2F)ncc1Br. The fourth-order valence-electron chi connectivity index (χ4n) is 1.36. The molecule has 6 heteroatoms. The molecule has 1 aromatic heterocycles. The molecule has 2 rings (SSSR count). The summed E-state index contributed by atoms with van der Waals surface area (Å²) in [4.78, 5) is 4.07. The molecule has 1 aromatic carbocycles. The van der Waals surface area contributed by atoms with E-state index in [1.54, 1.807) is 12.3 Å². The second-order valence-corrected chi connectivity index (χ2v) is 5.40. The van der Waals surface area contributed by atoms with Gasteiger partial charge in [-0.15, -0.1) is 0 Å². The first-order valence-corrected chi connectivity index (χ1v) is 6.59. The van der Waals surface area contributed by atoms with Gasteiger partial charge in [0.05, 0.1) is 10.2 Å². The van der Waals surface area contributed by atoms with Gasteiger partial charge in [-0.05, 0) is 56.5 Å². The molecule has 0 amide bonds. The van der Waals surface area contributed by atoms with Crippen molar-refractivity contribution in [2.45, 2.75) is 6.92 Å². The van der Waals surface area contributed by atoms with Crippen LogP contribution in [0.1, 0.15) is 5.56 Å². The minimum absolute atomic E-state index is 0.0462. The molecule has 0 atom stereocenters. The van der Waals surface area contributed by atoms with Gasteiger partial charge in [-0.1, -0.05) is 0 Å². The highest BCUT2D eigenvalue weighted by Gasteiger charge is 2.09. The largest absolute Gasteiger partial charge is 0.338 e. The summed E-state index contributed by atoms with van der Waals surface area (Å²) in [5.41, 5.74) is 0.996. The number of aryl methyl sites for hydroxylation is 1. The summed E-state index contributed by atoms with van der Waals surface area (Å²) in [5.74, 6) is -0.630. The van der Waals surface area contributed by atoms with Gasteiger partial charge in [-0.25, -0.2) is 13.8 Å². The molecule has 94 valence electrons. The molecule has 0 aliphatic heterocycles. The Hall–Kier alpha value is -1.01. The third-order valence-electron chi connectivity index (χ3n) is 2.32. The third-order valence-corrected chi connectivity index (χ3v) is 3.76. The maximum Gasteiger partial charge on any atom is 0.148 e. The monoisotopic (exact) mass is 376 g/mol. The molecule has 0 aliphatic carbocycles. The van der Waals surface area contributed by atoms with E-state index in [9.17, 15) is 8.78 Å². The molecule has 0 fully saturated rings. The molecule has 0 saturated heterocycles. The van der Waals surface area contributed by atoms with Crippen molar-refractivity contribution >= 4 is 43.4 Å². The molecule has 1 N–H and O–H groups in total. The number of nitrogens with one attached hydrogen (secondary N) is 1. The van der Waals surface area contributed by atoms with E-state index in [0.29, 0.717) is 5.82 Å². The predicted octanol–water partition coefficient (Wildman–Crippen LogP) is 4.94. The zero-order chi connectivity index (χ0) is 13.3. The zero-order valence-corrected chi connectivity index (χ0v) is 12.4. The Morgan fingerprint density at radius 1 is 1.06 bits per heavy atom. The maximum atomic E-state index is 13.6. The first kappa shape index (κ1) is 13.4. The Morgan fingerprint density at radius 2 is 1.78 bits per heavy atom. The van der Waals surface area contributed by atoms with Gasteiger partial charge >= 0.3 is 0 Å². The van der Waals surface area contributed by atoms with Gasteiger partial charge in [-0.2, -0.15) is 0 Å². The van der Waals surface area contributed by atoms with E-state index < -0.39 is 11.6 Å². The summed E-state index contributed by atoms with van der Waals surface area (Å²) in [5, 5.41) is 2.74. The highest BCUT2D eigenvalue weighted by atomic mass is 79.9. The molecule has 0 bridgehead atoms. The van der Waals surface area contributed by atoms with Crippen LogP contribution in [-0.2, 0) is 0 Å². The summed E-state index contributed by atoms with van der Waals surface area (Å²) >= 11 is 6.24. The number of benzene rings is 1. The molecule has 18 heavy (non-hydrogen) atoms. The normalized spacial score (nSPS) is 10.5. The van der Waals surface area contributed by atoms with E-state index in [4.69, 9.17) is 0 Å². The molecule has 0 unspecified atom stereocenters. The maximum absolute atomic E-state index is 13.6. The Balaban J connectivity index is 2.34. The molecule has 0 aliphatic rings. The summed E-state index contributed by atoms with van der Waals surface area (Å²) in [6.45, 7) is 1.88. The number of pyridine rings is 1. The molecule has 0 spiro atoms. The third kappa shape index (κ3) is 2.87. The van der Waals surface area contributed by atoms with Crippen molar-refractivity contribution in [2.24, 2.45) is 0 Å². The average Bonchev–Trinajstić information content (AvgIpc) is 2.31. The van der Waals surface area contributed by atoms with Crippen molar-refractivity contribution in [2.75, 3.05) is 5.32 Å². The lowest BCUT2D eigenvalue weighted by molar-refractivity contribution is 0.597. The van der Waals surface area contributed by atoms with E-state index >= 15 is 0 Å². The smallest absolute Gasteiger partial charge is 0.148 e. The van der Waals surface area contributed by atoms with Crippen LogP contribution in [0.2, 0.25) is 0 Å². The van der Waals surface area contributed by atoms with Gasteiger partial charge in [0, 0.05) is 16.7 Å². The van der Waals surface area contributed by atoms with Crippen LogP contribution in [0.25, 0.3) is 0 Å². The van der Waals surface area contributed by atoms with E-state index in [-0.39, 0.29) is 10.2 Å². The van der Waals surface area contributed by atoms with Crippen LogP contribution in [0.5, 0.6) is 0 Å². The fourth-order valence-corrected chi connectivity index (χ4v) is 1.90. The molecule has 1 heterocycles. The molecular formula is C12H8Br2F2N2. The van der Waals surface area contributed by atoms with E-state index in [1.807, 2.05) is 6.92 Å². The van der Waals surface area contributed by atoms with Gasteiger partial charge in [-0.3, -0.25) is 0 Å². The van der Waals surface area contributed by atoms with Gasteiger partial charge in [0.1, 0.15) is 17.5 Å². The minimum atomic E-state index is -0.550. The molecule has 2 nitrogen and oxygen atoms in total. The summed E-state index contributed by atoms with van der Waals surface area (Å²) in [7, 11) is 0. The van der Waals surface area contributed by atoms with Crippen LogP contribution in [0.3, 0.4) is 0 Å². The zero-order valence-electron chi connectivity index (χ0n) is 9.27. The fraction of sp³-hybridized carbons (Fsp3) is 0.0833. The summed E-state index contributed by atoms with van der Waals surface area (Å²) in [6, 6.07) is 3.89. The minimum Gasteiger partial charge on any atom is -0.338 e. The number of halogens is 4. The summed E-state index contributed by atoms with van der Waals surface area (Å²) < 4.78 is 27.9. The Bertz CT molecular complexity index is 603. The van der Waals surface area contributed by atoms with Crippen LogP contribution in [-0.4, -0.2) is 4.98 Å². The van der Waals surface area contributed by atoms with Gasteiger partial charge < -0.3 is 5.32 Å². The number of aromatic nitrogens is 1. The second-order valence-electron chi connectivity index (χ2n) is 3.69. The first-order valence-electron chi connectivity index (χ1n) is 5.01. The predicted molar refractivity (Wildman–Crippen MR) is 74.0 cm³/mol. The lowest BCUT2D eigenvalue weighted by Crippen LogP contribution is -1.98. The van der Waals surface area contributed by atoms with E-state index in [2.05, 4.69) is 42.2 Å². The van der Waals surface area contributed by atoms with Crippen LogP contribution >= 0.6 is 31.9 Å². The molecule has 0 radical (unpaired) electrons. The van der Waals surface area contributed by atoms with Crippen LogP contribution < -0.4 is 5.32 Å². The Labute approximate surface area is 120 Å². The van der Waals surface area contributed by atoms with E-state index in [1.165, 1.54) is 0 Å². The van der Waals surface area contributed by atoms with Crippen LogP contribution in [0, 0.1) is 18.6 Å². The topological polar surface area (TPSA) is 24.9 Å². The number of hydrogen-bond acceptors (Lipinski definition) is 2. The van der Waals surface area contributed by atoms with Crippen LogP contribution in [0.4, 0.5) is 20.3 Å².